The lowest BCUT2D eigenvalue weighted by Crippen LogP contribution is -2.00. The molecule has 18 heavy (non-hydrogen) atoms. The zero-order valence-electron chi connectivity index (χ0n) is 10.2. The smallest absolute Gasteiger partial charge is 0.223 e. The van der Waals surface area contributed by atoms with Crippen LogP contribution in [0.1, 0.15) is 17.3 Å². The molecule has 0 spiro atoms. The van der Waals surface area contributed by atoms with Crippen molar-refractivity contribution in [3.8, 4) is 11.5 Å². The molecule has 0 saturated carbocycles. The van der Waals surface area contributed by atoms with Gasteiger partial charge in [-0.2, -0.15) is 4.98 Å². The van der Waals surface area contributed by atoms with Crippen molar-refractivity contribution in [1.29, 1.82) is 0 Å². The highest BCUT2D eigenvalue weighted by Crippen LogP contribution is 2.28. The van der Waals surface area contributed by atoms with E-state index >= 15 is 0 Å². The van der Waals surface area contributed by atoms with E-state index in [1.807, 2.05) is 0 Å². The lowest BCUT2D eigenvalue weighted by atomic mass is 10.2. The Morgan fingerprint density at radius 3 is 2.78 bits per heavy atom. The highest BCUT2D eigenvalue weighted by molar-refractivity contribution is 5.42. The van der Waals surface area contributed by atoms with E-state index < -0.39 is 0 Å². The first-order chi connectivity index (χ1) is 8.72. The van der Waals surface area contributed by atoms with Gasteiger partial charge in [-0.25, -0.2) is 0 Å². The summed E-state index contributed by atoms with van der Waals surface area (Å²) < 4.78 is 15.6. The molecule has 0 bridgehead atoms. The number of benzene rings is 1. The number of hydrogen-bond donors (Lipinski definition) is 1. The van der Waals surface area contributed by atoms with Gasteiger partial charge in [-0.05, 0) is 17.7 Å². The maximum Gasteiger partial charge on any atom is 0.223 e. The summed E-state index contributed by atoms with van der Waals surface area (Å²) in [5.41, 5.74) is 0.759. The first-order valence-electron chi connectivity index (χ1n) is 5.42. The van der Waals surface area contributed by atoms with Crippen LogP contribution < -0.4 is 9.47 Å². The van der Waals surface area contributed by atoms with E-state index in [-0.39, 0.29) is 13.2 Å². The number of aromatic nitrogens is 2. The Labute approximate surface area is 104 Å². The predicted octanol–water partition coefficient (Wildman–Crippen LogP) is 1.46. The van der Waals surface area contributed by atoms with Crippen LogP contribution >= 0.6 is 0 Å². The summed E-state index contributed by atoms with van der Waals surface area (Å²) in [5, 5.41) is 12.8. The van der Waals surface area contributed by atoms with Crippen LogP contribution in [0.4, 0.5) is 0 Å². The Balaban J connectivity index is 2.08. The van der Waals surface area contributed by atoms with Gasteiger partial charge in [0.25, 0.3) is 0 Å². The maximum atomic E-state index is 9.03. The van der Waals surface area contributed by atoms with Crippen LogP contribution in [-0.2, 0) is 13.2 Å². The fourth-order valence-corrected chi connectivity index (χ4v) is 1.47. The third-order valence-electron chi connectivity index (χ3n) is 2.34. The lowest BCUT2D eigenvalue weighted by molar-refractivity contribution is 0.265. The minimum absolute atomic E-state index is 0.0410. The highest BCUT2D eigenvalue weighted by Gasteiger charge is 2.08. The first-order valence-corrected chi connectivity index (χ1v) is 5.42. The number of aryl methyl sites for hydroxylation is 1. The van der Waals surface area contributed by atoms with E-state index in [1.165, 1.54) is 0 Å². The van der Waals surface area contributed by atoms with Crippen molar-refractivity contribution in [1.82, 2.24) is 10.1 Å². The van der Waals surface area contributed by atoms with Gasteiger partial charge in [0.05, 0.1) is 13.7 Å². The third kappa shape index (κ3) is 2.78. The average molecular weight is 250 g/mol. The van der Waals surface area contributed by atoms with Crippen molar-refractivity contribution in [2.45, 2.75) is 20.1 Å². The monoisotopic (exact) mass is 250 g/mol. The van der Waals surface area contributed by atoms with Crippen LogP contribution in [0.5, 0.6) is 11.5 Å². The summed E-state index contributed by atoms with van der Waals surface area (Å²) >= 11 is 0. The SMILES string of the molecule is COc1cc(CO)ccc1OCc1noc(C)n1. The summed E-state index contributed by atoms with van der Waals surface area (Å²) in [4.78, 5) is 4.03. The molecule has 0 aliphatic heterocycles. The van der Waals surface area contributed by atoms with Crippen molar-refractivity contribution >= 4 is 0 Å². The Morgan fingerprint density at radius 1 is 1.33 bits per heavy atom. The van der Waals surface area contributed by atoms with Crippen LogP contribution in [0.3, 0.4) is 0 Å². The number of aliphatic hydroxyl groups is 1. The molecule has 0 aliphatic carbocycles. The van der Waals surface area contributed by atoms with Crippen LogP contribution in [0.25, 0.3) is 0 Å². The van der Waals surface area contributed by atoms with Crippen LogP contribution in [0, 0.1) is 6.92 Å². The van der Waals surface area contributed by atoms with E-state index in [2.05, 4.69) is 10.1 Å². The maximum absolute atomic E-state index is 9.03. The average Bonchev–Trinajstić information content (AvgIpc) is 2.82. The quantitative estimate of drug-likeness (QED) is 0.865. The Bertz CT molecular complexity index is 525. The number of aliphatic hydroxyl groups excluding tert-OH is 1. The van der Waals surface area contributed by atoms with E-state index in [1.54, 1.807) is 32.2 Å². The van der Waals surface area contributed by atoms with Crippen molar-refractivity contribution in [2.75, 3.05) is 7.11 Å². The summed E-state index contributed by atoms with van der Waals surface area (Å²) in [6.07, 6.45) is 0. The molecule has 2 aromatic rings. The van der Waals surface area contributed by atoms with Gasteiger partial charge in [-0.1, -0.05) is 11.2 Å². The molecule has 1 aromatic carbocycles. The van der Waals surface area contributed by atoms with E-state index in [9.17, 15) is 0 Å². The molecule has 0 atom stereocenters. The van der Waals surface area contributed by atoms with Crippen LogP contribution in [-0.4, -0.2) is 22.4 Å². The zero-order chi connectivity index (χ0) is 13.0. The molecule has 0 unspecified atom stereocenters. The standard InChI is InChI=1S/C12H14N2O4/c1-8-13-12(14-18-8)7-17-10-4-3-9(6-15)5-11(10)16-2/h3-5,15H,6-7H2,1-2H3. The molecule has 0 fully saturated rings. The lowest BCUT2D eigenvalue weighted by Gasteiger charge is -2.10. The van der Waals surface area contributed by atoms with E-state index in [0.29, 0.717) is 23.2 Å². The summed E-state index contributed by atoms with van der Waals surface area (Å²) in [6.45, 7) is 1.87. The molecular weight excluding hydrogens is 236 g/mol. The highest BCUT2D eigenvalue weighted by atomic mass is 16.5. The normalized spacial score (nSPS) is 10.4. The van der Waals surface area contributed by atoms with Crippen molar-refractivity contribution in [3.63, 3.8) is 0 Å². The van der Waals surface area contributed by atoms with E-state index in [0.717, 1.165) is 5.56 Å². The molecule has 6 nitrogen and oxygen atoms in total. The van der Waals surface area contributed by atoms with E-state index in [4.69, 9.17) is 19.1 Å². The molecule has 0 saturated heterocycles. The number of ether oxygens (including phenoxy) is 2. The Kier molecular flexibility index (Phi) is 3.78. The molecule has 0 aliphatic rings. The molecule has 0 radical (unpaired) electrons. The predicted molar refractivity (Wildman–Crippen MR) is 62.3 cm³/mol. The van der Waals surface area contributed by atoms with Gasteiger partial charge in [0.2, 0.25) is 11.7 Å². The van der Waals surface area contributed by atoms with Gasteiger partial charge < -0.3 is 19.1 Å². The summed E-state index contributed by atoms with van der Waals surface area (Å²) in [5.74, 6) is 2.09. The minimum atomic E-state index is -0.0410. The van der Waals surface area contributed by atoms with Gasteiger partial charge in [-0.15, -0.1) is 0 Å². The van der Waals surface area contributed by atoms with Crippen LogP contribution in [0.15, 0.2) is 22.7 Å². The van der Waals surface area contributed by atoms with Gasteiger partial charge in [0.15, 0.2) is 18.1 Å². The van der Waals surface area contributed by atoms with Gasteiger partial charge in [0.1, 0.15) is 0 Å². The molecule has 96 valence electrons. The number of methoxy groups -OCH3 is 1. The topological polar surface area (TPSA) is 77.6 Å². The number of hydrogen-bond acceptors (Lipinski definition) is 6. The van der Waals surface area contributed by atoms with Crippen molar-refractivity contribution in [2.24, 2.45) is 0 Å². The van der Waals surface area contributed by atoms with Crippen LogP contribution in [0.2, 0.25) is 0 Å². The first kappa shape index (κ1) is 12.4. The van der Waals surface area contributed by atoms with Gasteiger partial charge >= 0.3 is 0 Å². The van der Waals surface area contributed by atoms with Gasteiger partial charge in [-0.3, -0.25) is 0 Å². The fraction of sp³-hybridized carbons (Fsp3) is 0.333. The third-order valence-corrected chi connectivity index (χ3v) is 2.34. The van der Waals surface area contributed by atoms with Crippen molar-refractivity contribution in [3.05, 3.63) is 35.5 Å². The second-order valence-corrected chi connectivity index (χ2v) is 3.66. The van der Waals surface area contributed by atoms with Crippen molar-refractivity contribution < 1.29 is 19.1 Å². The fourth-order valence-electron chi connectivity index (χ4n) is 1.47. The molecule has 0 amide bonds. The second kappa shape index (κ2) is 5.50. The molecule has 1 aromatic heterocycles. The second-order valence-electron chi connectivity index (χ2n) is 3.66. The summed E-state index contributed by atoms with van der Waals surface area (Å²) in [7, 11) is 1.54. The molecule has 6 heteroatoms. The number of nitrogens with zero attached hydrogens (tertiary/aromatic N) is 2. The largest absolute Gasteiger partial charge is 0.493 e. The Hall–Kier alpha value is -2.08. The molecular formula is C12H14N2O4. The number of rotatable bonds is 5. The zero-order valence-corrected chi connectivity index (χ0v) is 10.2. The Morgan fingerprint density at radius 2 is 2.17 bits per heavy atom. The minimum Gasteiger partial charge on any atom is -0.493 e. The molecule has 1 heterocycles. The molecule has 1 N–H and O–H groups in total. The summed E-state index contributed by atoms with van der Waals surface area (Å²) in [6, 6.07) is 5.22. The molecule has 2 rings (SSSR count). The van der Waals surface area contributed by atoms with Gasteiger partial charge in [0, 0.05) is 6.92 Å².